The Balaban J connectivity index is 1.23. The van der Waals surface area contributed by atoms with E-state index in [0.717, 1.165) is 23.2 Å². The number of imidazole rings is 1. The number of ether oxygens (including phenoxy) is 1. The van der Waals surface area contributed by atoms with Crippen LogP contribution in [-0.4, -0.2) is 51.7 Å². The van der Waals surface area contributed by atoms with Crippen molar-refractivity contribution >= 4 is 11.9 Å². The van der Waals surface area contributed by atoms with Gasteiger partial charge in [-0.05, 0) is 42.7 Å². The highest BCUT2D eigenvalue weighted by Gasteiger charge is 2.26. The molecule has 1 fully saturated rings. The van der Waals surface area contributed by atoms with Crippen LogP contribution in [0.1, 0.15) is 40.9 Å². The third-order valence-electron chi connectivity index (χ3n) is 5.73. The summed E-state index contributed by atoms with van der Waals surface area (Å²) < 4.78 is 7.71. The minimum Gasteiger partial charge on any atom is -0.372 e. The molecule has 1 aliphatic rings. The smallest absolute Gasteiger partial charge is 0.315 e. The Kier molecular flexibility index (Phi) is 7.59. The summed E-state index contributed by atoms with van der Waals surface area (Å²) in [6, 6.07) is 15.2. The van der Waals surface area contributed by atoms with E-state index in [1.165, 1.54) is 0 Å². The SMILES string of the molecule is CC1CN(C(=O)c2ccc(CNC(=O)NCc3cccc(Cn4ccnc4)c3)cc2)CC(C)O1. The van der Waals surface area contributed by atoms with Gasteiger partial charge in [0.1, 0.15) is 0 Å². The van der Waals surface area contributed by atoms with E-state index in [0.29, 0.717) is 31.7 Å². The number of hydrogen-bond donors (Lipinski definition) is 2. The molecule has 178 valence electrons. The van der Waals surface area contributed by atoms with E-state index in [1.807, 2.05) is 65.9 Å². The Hall–Kier alpha value is -3.65. The van der Waals surface area contributed by atoms with E-state index in [1.54, 1.807) is 12.5 Å². The molecular formula is C26H31N5O3. The number of urea groups is 1. The number of carbonyl (C=O) groups excluding carboxylic acids is 2. The van der Waals surface area contributed by atoms with Gasteiger partial charge in [-0.25, -0.2) is 9.78 Å². The molecule has 0 spiro atoms. The lowest BCUT2D eigenvalue weighted by Crippen LogP contribution is -2.48. The Morgan fingerprint density at radius 2 is 1.65 bits per heavy atom. The fraction of sp³-hybridized carbons (Fsp3) is 0.346. The maximum atomic E-state index is 12.8. The van der Waals surface area contributed by atoms with Gasteiger partial charge in [-0.15, -0.1) is 0 Å². The molecule has 34 heavy (non-hydrogen) atoms. The van der Waals surface area contributed by atoms with Gasteiger partial charge in [-0.1, -0.05) is 36.4 Å². The van der Waals surface area contributed by atoms with Crippen LogP contribution >= 0.6 is 0 Å². The zero-order valence-corrected chi connectivity index (χ0v) is 19.6. The average Bonchev–Trinajstić information content (AvgIpc) is 3.34. The summed E-state index contributed by atoms with van der Waals surface area (Å²) in [4.78, 5) is 31.0. The normalized spacial score (nSPS) is 17.9. The van der Waals surface area contributed by atoms with Crippen LogP contribution < -0.4 is 10.6 Å². The number of nitrogens with one attached hydrogen (secondary N) is 2. The molecule has 3 amide bonds. The van der Waals surface area contributed by atoms with E-state index in [9.17, 15) is 9.59 Å². The maximum absolute atomic E-state index is 12.8. The van der Waals surface area contributed by atoms with Gasteiger partial charge < -0.3 is 24.8 Å². The van der Waals surface area contributed by atoms with Crippen LogP contribution in [-0.2, 0) is 24.4 Å². The number of benzene rings is 2. The third kappa shape index (κ3) is 6.45. The van der Waals surface area contributed by atoms with E-state index in [-0.39, 0.29) is 24.1 Å². The molecule has 1 aromatic heterocycles. The molecular weight excluding hydrogens is 430 g/mol. The molecule has 4 rings (SSSR count). The minimum absolute atomic E-state index is 0.00882. The van der Waals surface area contributed by atoms with Gasteiger partial charge in [-0.3, -0.25) is 4.79 Å². The summed E-state index contributed by atoms with van der Waals surface area (Å²) >= 11 is 0. The molecule has 2 aromatic carbocycles. The predicted octanol–water partition coefficient (Wildman–Crippen LogP) is 3.18. The molecule has 0 radical (unpaired) electrons. The number of carbonyl (C=O) groups is 2. The molecule has 2 N–H and O–H groups in total. The van der Waals surface area contributed by atoms with Crippen molar-refractivity contribution in [2.75, 3.05) is 13.1 Å². The summed E-state index contributed by atoms with van der Waals surface area (Å²) in [7, 11) is 0. The van der Waals surface area contributed by atoms with Gasteiger partial charge in [0.15, 0.2) is 0 Å². The van der Waals surface area contributed by atoms with Gasteiger partial charge in [0.25, 0.3) is 5.91 Å². The standard InChI is InChI=1S/C26H31N5O3/c1-19-15-31(16-20(2)34-19)25(32)24-8-6-21(7-9-24)13-28-26(33)29-14-22-4-3-5-23(12-22)17-30-11-10-27-18-30/h3-12,18-20H,13-17H2,1-2H3,(H2,28,29,33). The van der Waals surface area contributed by atoms with Gasteiger partial charge in [-0.2, -0.15) is 0 Å². The molecule has 8 nitrogen and oxygen atoms in total. The lowest BCUT2D eigenvalue weighted by atomic mass is 10.1. The number of aromatic nitrogens is 2. The monoisotopic (exact) mass is 461 g/mol. The molecule has 2 unspecified atom stereocenters. The lowest BCUT2D eigenvalue weighted by Gasteiger charge is -2.35. The van der Waals surface area contributed by atoms with Crippen LogP contribution in [0.5, 0.6) is 0 Å². The average molecular weight is 462 g/mol. The van der Waals surface area contributed by atoms with Crippen LogP contribution in [0.3, 0.4) is 0 Å². The van der Waals surface area contributed by atoms with Crippen LogP contribution in [0.4, 0.5) is 4.79 Å². The fourth-order valence-corrected chi connectivity index (χ4v) is 4.15. The second-order valence-corrected chi connectivity index (χ2v) is 8.76. The van der Waals surface area contributed by atoms with Crippen molar-refractivity contribution in [1.82, 2.24) is 25.1 Å². The van der Waals surface area contributed by atoms with E-state index in [2.05, 4.69) is 27.8 Å². The van der Waals surface area contributed by atoms with Gasteiger partial charge >= 0.3 is 6.03 Å². The summed E-state index contributed by atoms with van der Waals surface area (Å²) in [5, 5.41) is 5.76. The van der Waals surface area contributed by atoms with E-state index < -0.39 is 0 Å². The largest absolute Gasteiger partial charge is 0.372 e. The highest BCUT2D eigenvalue weighted by molar-refractivity contribution is 5.94. The predicted molar refractivity (Wildman–Crippen MR) is 129 cm³/mol. The summed E-state index contributed by atoms with van der Waals surface area (Å²) in [5.74, 6) is 0.00882. The summed E-state index contributed by atoms with van der Waals surface area (Å²) in [6.45, 7) is 6.71. The van der Waals surface area contributed by atoms with E-state index >= 15 is 0 Å². The first-order valence-electron chi connectivity index (χ1n) is 11.5. The quantitative estimate of drug-likeness (QED) is 0.566. The topological polar surface area (TPSA) is 88.5 Å². The van der Waals surface area contributed by atoms with E-state index in [4.69, 9.17) is 4.74 Å². The molecule has 3 aromatic rings. The summed E-state index contributed by atoms with van der Waals surface area (Å²) in [5.41, 5.74) is 3.75. The van der Waals surface area contributed by atoms with Crippen LogP contribution in [0.2, 0.25) is 0 Å². The Morgan fingerprint density at radius 1 is 0.971 bits per heavy atom. The van der Waals surface area contributed by atoms with Crippen LogP contribution in [0, 0.1) is 0 Å². The van der Waals surface area contributed by atoms with Gasteiger partial charge in [0.2, 0.25) is 0 Å². The molecule has 0 aliphatic carbocycles. The van der Waals surface area contributed by atoms with Crippen LogP contribution in [0.15, 0.2) is 67.3 Å². The number of rotatable bonds is 7. The van der Waals surface area contributed by atoms with Gasteiger partial charge in [0, 0.05) is 50.7 Å². The first-order valence-corrected chi connectivity index (χ1v) is 11.5. The zero-order valence-electron chi connectivity index (χ0n) is 19.6. The fourth-order valence-electron chi connectivity index (χ4n) is 4.15. The number of nitrogens with zero attached hydrogens (tertiary/aromatic N) is 3. The maximum Gasteiger partial charge on any atom is 0.315 e. The Bertz CT molecular complexity index is 1090. The molecule has 8 heteroatoms. The lowest BCUT2D eigenvalue weighted by molar-refractivity contribution is -0.0586. The minimum atomic E-state index is -0.239. The second kappa shape index (κ2) is 11.0. The number of morpholine rings is 1. The van der Waals surface area contributed by atoms with Crippen molar-refractivity contribution in [2.24, 2.45) is 0 Å². The van der Waals surface area contributed by atoms with Crippen molar-refractivity contribution in [1.29, 1.82) is 0 Å². The Labute approximate surface area is 199 Å². The molecule has 1 aliphatic heterocycles. The van der Waals surface area contributed by atoms with Crippen molar-refractivity contribution in [3.63, 3.8) is 0 Å². The van der Waals surface area contributed by atoms with Crippen molar-refractivity contribution < 1.29 is 14.3 Å². The second-order valence-electron chi connectivity index (χ2n) is 8.76. The Morgan fingerprint density at radius 3 is 2.32 bits per heavy atom. The summed E-state index contributed by atoms with van der Waals surface area (Å²) in [6.07, 6.45) is 5.53. The molecule has 1 saturated heterocycles. The molecule has 0 bridgehead atoms. The third-order valence-corrected chi connectivity index (χ3v) is 5.73. The van der Waals surface area contributed by atoms with Crippen molar-refractivity contribution in [3.8, 4) is 0 Å². The van der Waals surface area contributed by atoms with Crippen molar-refractivity contribution in [3.05, 3.63) is 89.5 Å². The first kappa shape index (κ1) is 23.5. The zero-order chi connectivity index (χ0) is 23.9. The van der Waals surface area contributed by atoms with Crippen molar-refractivity contribution in [2.45, 2.75) is 45.7 Å². The number of hydrogen-bond acceptors (Lipinski definition) is 4. The molecule has 2 atom stereocenters. The molecule has 2 heterocycles. The molecule has 0 saturated carbocycles. The first-order chi connectivity index (χ1) is 16.5. The highest BCUT2D eigenvalue weighted by Crippen LogP contribution is 2.15. The number of amides is 3. The highest BCUT2D eigenvalue weighted by atomic mass is 16.5. The van der Waals surface area contributed by atoms with Gasteiger partial charge in [0.05, 0.1) is 18.5 Å². The van der Waals surface area contributed by atoms with Crippen LogP contribution in [0.25, 0.3) is 0 Å².